The zero-order valence-corrected chi connectivity index (χ0v) is 17.2. The summed E-state index contributed by atoms with van der Waals surface area (Å²) >= 11 is 1.47. The molecule has 0 aromatic carbocycles. The average molecular weight is 396 g/mol. The molecule has 7 heteroatoms. The summed E-state index contributed by atoms with van der Waals surface area (Å²) in [5.74, 6) is -0.448. The van der Waals surface area contributed by atoms with Crippen LogP contribution in [0.5, 0.6) is 0 Å². The van der Waals surface area contributed by atoms with Crippen molar-refractivity contribution in [2.24, 2.45) is 5.92 Å². The molecule has 0 bridgehead atoms. The van der Waals surface area contributed by atoms with Crippen LogP contribution in [0, 0.1) is 5.92 Å². The molecule has 1 aliphatic rings. The van der Waals surface area contributed by atoms with Crippen LogP contribution in [-0.4, -0.2) is 31.1 Å². The van der Waals surface area contributed by atoms with E-state index in [0.29, 0.717) is 23.1 Å². The SMILES string of the molecule is CCC[C@H]1CCc2c(sc(NC(=O)CCC(=O)OCC)c2C(=O)OCC)C1. The van der Waals surface area contributed by atoms with Crippen molar-refractivity contribution in [2.75, 3.05) is 18.5 Å². The minimum Gasteiger partial charge on any atom is -0.466 e. The van der Waals surface area contributed by atoms with Crippen LogP contribution in [0.4, 0.5) is 5.00 Å². The van der Waals surface area contributed by atoms with Crippen molar-refractivity contribution in [2.45, 2.75) is 65.7 Å². The third-order valence-electron chi connectivity index (χ3n) is 4.66. The van der Waals surface area contributed by atoms with Crippen molar-refractivity contribution < 1.29 is 23.9 Å². The van der Waals surface area contributed by atoms with Crippen LogP contribution in [0.3, 0.4) is 0 Å². The highest BCUT2D eigenvalue weighted by Gasteiger charge is 2.30. The molecule has 1 aromatic rings. The number of thiophene rings is 1. The number of nitrogens with one attached hydrogen (secondary N) is 1. The molecule has 0 saturated heterocycles. The maximum Gasteiger partial charge on any atom is 0.341 e. The number of carbonyl (C=O) groups excluding carboxylic acids is 3. The van der Waals surface area contributed by atoms with Crippen molar-refractivity contribution >= 4 is 34.2 Å². The monoisotopic (exact) mass is 395 g/mol. The van der Waals surface area contributed by atoms with Crippen molar-refractivity contribution in [3.8, 4) is 0 Å². The van der Waals surface area contributed by atoms with Crippen LogP contribution in [0.2, 0.25) is 0 Å². The summed E-state index contributed by atoms with van der Waals surface area (Å²) in [6.45, 7) is 6.27. The van der Waals surface area contributed by atoms with Gasteiger partial charge in [0.2, 0.25) is 5.91 Å². The van der Waals surface area contributed by atoms with Crippen LogP contribution in [-0.2, 0) is 31.9 Å². The third-order valence-corrected chi connectivity index (χ3v) is 5.83. The Kier molecular flexibility index (Phi) is 8.28. The van der Waals surface area contributed by atoms with E-state index in [-0.39, 0.29) is 31.3 Å². The van der Waals surface area contributed by atoms with Crippen molar-refractivity contribution in [1.82, 2.24) is 0 Å². The van der Waals surface area contributed by atoms with Gasteiger partial charge in [-0.05, 0) is 44.6 Å². The molecule has 0 radical (unpaired) electrons. The summed E-state index contributed by atoms with van der Waals surface area (Å²) in [6.07, 6.45) is 5.21. The summed E-state index contributed by atoms with van der Waals surface area (Å²) in [4.78, 5) is 37.4. The fourth-order valence-corrected chi connectivity index (χ4v) is 4.82. The van der Waals surface area contributed by atoms with Crippen LogP contribution in [0.15, 0.2) is 0 Å². The van der Waals surface area contributed by atoms with Gasteiger partial charge in [-0.1, -0.05) is 19.8 Å². The predicted molar refractivity (Wildman–Crippen MR) is 105 cm³/mol. The first-order valence-electron chi connectivity index (χ1n) is 9.77. The molecule has 1 aromatic heterocycles. The molecule has 1 N–H and O–H groups in total. The number of rotatable bonds is 9. The smallest absolute Gasteiger partial charge is 0.341 e. The van der Waals surface area contributed by atoms with Gasteiger partial charge in [0.05, 0.1) is 25.2 Å². The number of anilines is 1. The van der Waals surface area contributed by atoms with Gasteiger partial charge in [-0.15, -0.1) is 11.3 Å². The lowest BCUT2D eigenvalue weighted by molar-refractivity contribution is -0.144. The fourth-order valence-electron chi connectivity index (χ4n) is 3.45. The summed E-state index contributed by atoms with van der Waals surface area (Å²) in [5, 5.41) is 3.37. The van der Waals surface area contributed by atoms with Gasteiger partial charge in [-0.25, -0.2) is 4.79 Å². The first-order chi connectivity index (χ1) is 13.0. The Labute approximate surface area is 164 Å². The Morgan fingerprint density at radius 3 is 2.52 bits per heavy atom. The highest BCUT2D eigenvalue weighted by molar-refractivity contribution is 7.17. The van der Waals surface area contributed by atoms with Crippen molar-refractivity contribution in [3.05, 3.63) is 16.0 Å². The molecule has 0 saturated carbocycles. The Balaban J connectivity index is 2.15. The molecule has 6 nitrogen and oxygen atoms in total. The number of esters is 2. The van der Waals surface area contributed by atoms with Crippen LogP contribution in [0.25, 0.3) is 0 Å². The van der Waals surface area contributed by atoms with E-state index in [1.54, 1.807) is 13.8 Å². The molecule has 0 aliphatic heterocycles. The number of hydrogen-bond acceptors (Lipinski definition) is 6. The minimum atomic E-state index is -0.397. The average Bonchev–Trinajstić information content (AvgIpc) is 2.97. The molecule has 1 amide bonds. The Morgan fingerprint density at radius 1 is 1.11 bits per heavy atom. The van der Waals surface area contributed by atoms with Gasteiger partial charge >= 0.3 is 11.9 Å². The lowest BCUT2D eigenvalue weighted by Gasteiger charge is -2.21. The first-order valence-corrected chi connectivity index (χ1v) is 10.6. The van der Waals surface area contributed by atoms with Crippen molar-refractivity contribution in [3.63, 3.8) is 0 Å². The standard InChI is InChI=1S/C20H29NO5S/c1-4-7-13-8-9-14-15(12-13)27-19(18(14)20(24)26-6-3)21-16(22)10-11-17(23)25-5-2/h13H,4-12H2,1-3H3,(H,21,22)/t13-/m0/s1. The lowest BCUT2D eigenvalue weighted by Crippen LogP contribution is -2.18. The molecule has 27 heavy (non-hydrogen) atoms. The third kappa shape index (κ3) is 5.79. The lowest BCUT2D eigenvalue weighted by atomic mass is 9.84. The molecule has 1 heterocycles. The summed E-state index contributed by atoms with van der Waals surface area (Å²) < 4.78 is 10.1. The molecule has 0 unspecified atom stereocenters. The van der Waals surface area contributed by atoms with Gasteiger partial charge in [0.25, 0.3) is 0 Å². The Morgan fingerprint density at radius 2 is 1.85 bits per heavy atom. The van der Waals surface area contributed by atoms with Crippen LogP contribution >= 0.6 is 11.3 Å². The van der Waals surface area contributed by atoms with E-state index in [4.69, 9.17) is 9.47 Å². The summed E-state index contributed by atoms with van der Waals surface area (Å²) in [5.41, 5.74) is 1.52. The highest BCUT2D eigenvalue weighted by Crippen LogP contribution is 2.41. The van der Waals surface area contributed by atoms with Gasteiger partial charge in [0, 0.05) is 11.3 Å². The number of amides is 1. The molecule has 1 aliphatic carbocycles. The van der Waals surface area contributed by atoms with Gasteiger partial charge in [0.1, 0.15) is 5.00 Å². The van der Waals surface area contributed by atoms with E-state index in [2.05, 4.69) is 12.2 Å². The number of ether oxygens (including phenoxy) is 2. The van der Waals surface area contributed by atoms with Gasteiger partial charge in [-0.2, -0.15) is 0 Å². The number of fused-ring (bicyclic) bond motifs is 1. The topological polar surface area (TPSA) is 81.7 Å². The highest BCUT2D eigenvalue weighted by atomic mass is 32.1. The molecule has 150 valence electrons. The Hall–Kier alpha value is -1.89. The zero-order valence-electron chi connectivity index (χ0n) is 16.4. The quantitative estimate of drug-likeness (QED) is 0.636. The molecular formula is C20H29NO5S. The van der Waals surface area contributed by atoms with Gasteiger partial charge in [0.15, 0.2) is 0 Å². The molecule has 0 fully saturated rings. The van der Waals surface area contributed by atoms with Gasteiger partial charge in [-0.3, -0.25) is 9.59 Å². The second-order valence-corrected chi connectivity index (χ2v) is 7.78. The number of carbonyl (C=O) groups is 3. The Bertz CT molecular complexity index is 682. The zero-order chi connectivity index (χ0) is 19.8. The van der Waals surface area contributed by atoms with E-state index in [0.717, 1.165) is 31.2 Å². The second-order valence-electron chi connectivity index (χ2n) is 6.68. The molecular weight excluding hydrogens is 366 g/mol. The van der Waals surface area contributed by atoms with Crippen molar-refractivity contribution in [1.29, 1.82) is 0 Å². The first kappa shape index (κ1) is 21.4. The summed E-state index contributed by atoms with van der Waals surface area (Å²) in [7, 11) is 0. The van der Waals surface area contributed by atoms with Gasteiger partial charge < -0.3 is 14.8 Å². The van der Waals surface area contributed by atoms with E-state index >= 15 is 0 Å². The molecule has 2 rings (SSSR count). The second kappa shape index (κ2) is 10.4. The maximum absolute atomic E-state index is 12.5. The fraction of sp³-hybridized carbons (Fsp3) is 0.650. The summed E-state index contributed by atoms with van der Waals surface area (Å²) in [6, 6.07) is 0. The number of hydrogen-bond donors (Lipinski definition) is 1. The van der Waals surface area contributed by atoms with E-state index in [1.165, 1.54) is 22.6 Å². The normalized spacial score (nSPS) is 15.7. The van der Waals surface area contributed by atoms with E-state index in [9.17, 15) is 14.4 Å². The minimum absolute atomic E-state index is 0.0259. The predicted octanol–water partition coefficient (Wildman–Crippen LogP) is 4.11. The van der Waals surface area contributed by atoms with E-state index in [1.807, 2.05) is 0 Å². The maximum atomic E-state index is 12.5. The van der Waals surface area contributed by atoms with Crippen LogP contribution in [0.1, 0.15) is 73.7 Å². The van der Waals surface area contributed by atoms with Crippen LogP contribution < -0.4 is 5.32 Å². The molecule has 1 atom stereocenters. The van der Waals surface area contributed by atoms with E-state index < -0.39 is 5.97 Å². The largest absolute Gasteiger partial charge is 0.466 e. The molecule has 0 spiro atoms.